The highest BCUT2D eigenvalue weighted by Gasteiger charge is 2.29. The molecule has 1 N–H and O–H groups in total. The second-order valence-corrected chi connectivity index (χ2v) is 14.1. The molecule has 0 saturated carbocycles. The van der Waals surface area contributed by atoms with E-state index >= 15 is 0 Å². The Kier molecular flexibility index (Phi) is 10.3. The van der Waals surface area contributed by atoms with Crippen LogP contribution < -0.4 is 9.47 Å². The van der Waals surface area contributed by atoms with E-state index in [1.165, 1.54) is 6.26 Å². The highest BCUT2D eigenvalue weighted by Crippen LogP contribution is 2.37. The molecule has 1 heterocycles. The zero-order chi connectivity index (χ0) is 31.3. The van der Waals surface area contributed by atoms with Crippen molar-refractivity contribution in [1.82, 2.24) is 4.90 Å². The summed E-state index contributed by atoms with van der Waals surface area (Å²) >= 11 is 10.5. The van der Waals surface area contributed by atoms with Gasteiger partial charge in [0, 0.05) is 34.5 Å². The van der Waals surface area contributed by atoms with Crippen LogP contribution in [0.25, 0.3) is 11.1 Å². The van der Waals surface area contributed by atoms with Crippen molar-refractivity contribution in [3.63, 3.8) is 0 Å². The van der Waals surface area contributed by atoms with Gasteiger partial charge < -0.3 is 14.6 Å². The molecule has 0 bridgehead atoms. The fraction of sp³-hybridized carbons (Fsp3) is 0.265. The lowest BCUT2D eigenvalue weighted by Gasteiger charge is -2.33. The number of carboxylic acid groups (broad SMARTS) is 1. The van der Waals surface area contributed by atoms with Gasteiger partial charge in [0.15, 0.2) is 9.84 Å². The van der Waals surface area contributed by atoms with Crippen molar-refractivity contribution in [2.45, 2.75) is 50.0 Å². The van der Waals surface area contributed by atoms with Crippen molar-refractivity contribution < 1.29 is 27.8 Å². The minimum absolute atomic E-state index is 0.102. The van der Waals surface area contributed by atoms with Gasteiger partial charge in [-0.25, -0.2) is 8.42 Å². The van der Waals surface area contributed by atoms with Crippen LogP contribution in [0.5, 0.6) is 11.5 Å². The molecule has 0 spiro atoms. The minimum Gasteiger partial charge on any atom is -0.488 e. The molecule has 1 aliphatic heterocycles. The normalized spacial score (nSPS) is 15.6. The van der Waals surface area contributed by atoms with Gasteiger partial charge in [-0.15, -0.1) is 0 Å². The predicted molar refractivity (Wildman–Crippen MR) is 175 cm³/mol. The van der Waals surface area contributed by atoms with Gasteiger partial charge in [0.2, 0.25) is 0 Å². The number of halogens is 2. The number of likely N-dealkylation sites (tertiary alicyclic amines) is 1. The first-order chi connectivity index (χ1) is 21.1. The monoisotopic (exact) mass is 697 g/mol. The third-order valence-corrected chi connectivity index (χ3v) is 10.00. The predicted octanol–water partition coefficient (Wildman–Crippen LogP) is 7.77. The second kappa shape index (κ2) is 14.2. The van der Waals surface area contributed by atoms with Crippen molar-refractivity contribution in [1.29, 1.82) is 0 Å². The average Bonchev–Trinajstić information content (AvgIpc) is 3.01. The second-order valence-electron chi connectivity index (χ2n) is 10.9. The Hall–Kier alpha value is -3.37. The van der Waals surface area contributed by atoms with Crippen LogP contribution in [0.4, 0.5) is 0 Å². The molecule has 1 saturated heterocycles. The van der Waals surface area contributed by atoms with E-state index in [1.807, 2.05) is 53.4 Å². The van der Waals surface area contributed by atoms with E-state index < -0.39 is 21.8 Å². The standard InChI is InChI=1S/C34H33BrClNO6S/c1-44(40,41)27-13-7-9-23(17-27)21-42-31-19-32(29(36)18-26(31)20-37-16-6-5-15-30(37)34(38)39)43-22-25-12-8-14-28(33(25)35)24-10-3-2-4-11-24/h2-4,7-14,17-19,30H,5-6,15-16,20-22H2,1H3,(H,38,39). The molecule has 0 aromatic heterocycles. The zero-order valence-electron chi connectivity index (χ0n) is 24.2. The first kappa shape index (κ1) is 32.0. The van der Waals surface area contributed by atoms with Crippen LogP contribution in [0, 0.1) is 0 Å². The van der Waals surface area contributed by atoms with Crippen molar-refractivity contribution >= 4 is 43.3 Å². The molecule has 0 radical (unpaired) electrons. The number of nitrogens with zero attached hydrogens (tertiary/aromatic N) is 1. The smallest absolute Gasteiger partial charge is 0.320 e. The summed E-state index contributed by atoms with van der Waals surface area (Å²) in [7, 11) is -3.38. The summed E-state index contributed by atoms with van der Waals surface area (Å²) in [4.78, 5) is 14.1. The molecule has 230 valence electrons. The molecule has 10 heteroatoms. The summed E-state index contributed by atoms with van der Waals surface area (Å²) in [5.41, 5.74) is 4.46. The summed E-state index contributed by atoms with van der Waals surface area (Å²) in [5.74, 6) is 0.0563. The maximum Gasteiger partial charge on any atom is 0.320 e. The molecule has 1 atom stereocenters. The van der Waals surface area contributed by atoms with Gasteiger partial charge in [-0.3, -0.25) is 9.69 Å². The number of carboxylic acids is 1. The van der Waals surface area contributed by atoms with E-state index in [4.69, 9.17) is 21.1 Å². The first-order valence-corrected chi connectivity index (χ1v) is 17.3. The van der Waals surface area contributed by atoms with Crippen molar-refractivity contribution in [2.75, 3.05) is 12.8 Å². The van der Waals surface area contributed by atoms with Crippen molar-refractivity contribution in [3.05, 3.63) is 111 Å². The molecular formula is C34H33BrClNO6S. The van der Waals surface area contributed by atoms with Gasteiger partial charge >= 0.3 is 5.97 Å². The topological polar surface area (TPSA) is 93.1 Å². The van der Waals surface area contributed by atoms with Gasteiger partial charge in [-0.2, -0.15) is 0 Å². The van der Waals surface area contributed by atoms with E-state index in [1.54, 1.807) is 36.4 Å². The number of hydrogen-bond acceptors (Lipinski definition) is 6. The molecule has 4 aromatic carbocycles. The van der Waals surface area contributed by atoms with Crippen LogP contribution in [0.2, 0.25) is 5.02 Å². The summed E-state index contributed by atoms with van der Waals surface area (Å²) in [6.07, 6.45) is 3.51. The van der Waals surface area contributed by atoms with Crippen LogP contribution in [0.15, 0.2) is 94.3 Å². The highest BCUT2D eigenvalue weighted by atomic mass is 79.9. The molecule has 1 aliphatic rings. The van der Waals surface area contributed by atoms with Crippen LogP contribution in [0.1, 0.15) is 36.0 Å². The maximum atomic E-state index is 12.1. The van der Waals surface area contributed by atoms with E-state index in [9.17, 15) is 18.3 Å². The van der Waals surface area contributed by atoms with Gasteiger partial charge in [0.25, 0.3) is 0 Å². The molecule has 1 fully saturated rings. The summed E-state index contributed by atoms with van der Waals surface area (Å²) in [5, 5.41) is 10.2. The molecule has 7 nitrogen and oxygen atoms in total. The SMILES string of the molecule is CS(=O)(=O)c1cccc(COc2cc(OCc3cccc(-c4ccccc4)c3Br)c(Cl)cc2CN2CCCCC2C(=O)O)c1. The van der Waals surface area contributed by atoms with Gasteiger partial charge in [0.1, 0.15) is 30.8 Å². The third-order valence-electron chi connectivity index (χ3n) is 7.65. The zero-order valence-corrected chi connectivity index (χ0v) is 27.4. The lowest BCUT2D eigenvalue weighted by Crippen LogP contribution is -2.44. The Balaban J connectivity index is 1.42. The number of hydrogen-bond donors (Lipinski definition) is 1. The average molecular weight is 699 g/mol. The number of benzene rings is 4. The van der Waals surface area contributed by atoms with Crippen LogP contribution in [-0.4, -0.2) is 43.2 Å². The van der Waals surface area contributed by atoms with Crippen LogP contribution in [0.3, 0.4) is 0 Å². The number of piperidine rings is 1. The summed E-state index contributed by atoms with van der Waals surface area (Å²) in [6, 6.07) is 25.6. The number of rotatable bonds is 11. The molecule has 44 heavy (non-hydrogen) atoms. The van der Waals surface area contributed by atoms with Crippen molar-refractivity contribution in [2.24, 2.45) is 0 Å². The Morgan fingerprint density at radius 1 is 0.932 bits per heavy atom. The van der Waals surface area contributed by atoms with E-state index in [-0.39, 0.29) is 18.1 Å². The Bertz CT molecular complexity index is 1750. The highest BCUT2D eigenvalue weighted by molar-refractivity contribution is 9.10. The van der Waals surface area contributed by atoms with Gasteiger partial charge in [-0.05, 0) is 70.2 Å². The molecule has 4 aromatic rings. The number of carbonyl (C=O) groups is 1. The summed E-state index contributed by atoms with van der Waals surface area (Å²) < 4.78 is 37.6. The molecule has 0 amide bonds. The number of aliphatic carboxylic acids is 1. The fourth-order valence-electron chi connectivity index (χ4n) is 5.34. The van der Waals surface area contributed by atoms with Gasteiger partial charge in [-0.1, -0.05) is 78.7 Å². The number of ether oxygens (including phenoxy) is 2. The molecule has 5 rings (SSSR count). The molecular weight excluding hydrogens is 666 g/mol. The van der Waals surface area contributed by atoms with E-state index in [0.29, 0.717) is 41.6 Å². The van der Waals surface area contributed by atoms with Crippen LogP contribution >= 0.6 is 27.5 Å². The van der Waals surface area contributed by atoms with E-state index in [2.05, 4.69) is 15.9 Å². The number of sulfone groups is 1. The van der Waals surface area contributed by atoms with Gasteiger partial charge in [0.05, 0.1) is 9.92 Å². The Morgan fingerprint density at radius 2 is 1.68 bits per heavy atom. The van der Waals surface area contributed by atoms with E-state index in [0.717, 1.165) is 39.6 Å². The van der Waals surface area contributed by atoms with Crippen LogP contribution in [-0.2, 0) is 34.4 Å². The quantitative estimate of drug-likeness (QED) is 0.171. The minimum atomic E-state index is -3.38. The fourth-order valence-corrected chi connectivity index (χ4v) is 6.88. The Morgan fingerprint density at radius 3 is 2.43 bits per heavy atom. The Labute approximate surface area is 271 Å². The summed E-state index contributed by atoms with van der Waals surface area (Å²) in [6.45, 7) is 1.32. The molecule has 0 aliphatic carbocycles. The maximum absolute atomic E-state index is 12.1. The lowest BCUT2D eigenvalue weighted by molar-refractivity contribution is -0.144. The largest absolute Gasteiger partial charge is 0.488 e. The third kappa shape index (κ3) is 7.82. The lowest BCUT2D eigenvalue weighted by atomic mass is 10.0. The van der Waals surface area contributed by atoms with Crippen molar-refractivity contribution in [3.8, 4) is 22.6 Å². The molecule has 1 unspecified atom stereocenters. The first-order valence-electron chi connectivity index (χ1n) is 14.3.